The maximum atomic E-state index is 11.5. The highest BCUT2D eigenvalue weighted by atomic mass is 35.5. The molecular weight excluding hydrogens is 436 g/mol. The van der Waals surface area contributed by atoms with Gasteiger partial charge in [0.15, 0.2) is 0 Å². The Bertz CT molecular complexity index is 724. The number of allylic oxidation sites excluding steroid dienone is 2. The van der Waals surface area contributed by atoms with E-state index >= 15 is 0 Å². The van der Waals surface area contributed by atoms with Gasteiger partial charge in [-0.1, -0.05) is 29.8 Å². The van der Waals surface area contributed by atoms with Gasteiger partial charge in [0.05, 0.1) is 31.0 Å². The second kappa shape index (κ2) is 13.8. The van der Waals surface area contributed by atoms with Crippen molar-refractivity contribution in [1.82, 2.24) is 0 Å². The van der Waals surface area contributed by atoms with Crippen molar-refractivity contribution in [1.29, 1.82) is 0 Å². The molecule has 0 aromatic heterocycles. The van der Waals surface area contributed by atoms with Crippen LogP contribution in [0.25, 0.3) is 0 Å². The summed E-state index contributed by atoms with van der Waals surface area (Å²) in [6, 6.07) is 6.89. The Balaban J connectivity index is 1.72. The van der Waals surface area contributed by atoms with Crippen LogP contribution in [0.4, 0.5) is 0 Å². The molecule has 5 atom stereocenters. The summed E-state index contributed by atoms with van der Waals surface area (Å²) in [6.45, 7) is 3.65. The Morgan fingerprint density at radius 2 is 2.00 bits per heavy atom. The first-order chi connectivity index (χ1) is 15.3. The number of esters is 1. The van der Waals surface area contributed by atoms with Crippen molar-refractivity contribution < 1.29 is 34.3 Å². The summed E-state index contributed by atoms with van der Waals surface area (Å²) < 4.78 is 16.4. The summed E-state index contributed by atoms with van der Waals surface area (Å²) in [5.41, 5.74) is 0. The number of carbonyl (C=O) groups excluding carboxylic acids is 1. The van der Waals surface area contributed by atoms with Gasteiger partial charge in [0, 0.05) is 23.8 Å². The van der Waals surface area contributed by atoms with Crippen LogP contribution in [-0.2, 0) is 14.3 Å². The predicted octanol–water partition coefficient (Wildman–Crippen LogP) is 3.27. The van der Waals surface area contributed by atoms with Crippen LogP contribution in [-0.4, -0.2) is 65.0 Å². The molecule has 7 nitrogen and oxygen atoms in total. The molecule has 0 aliphatic heterocycles. The SMILES string of the molecule is CC(C)OC(=O)CCCC=CC[C@@H]1[C@@H](OC[C@@H](O)COc2cccc(Cl)c2)[C@H](O)C[C@@H]1O. The van der Waals surface area contributed by atoms with Gasteiger partial charge in [0.25, 0.3) is 0 Å². The lowest BCUT2D eigenvalue weighted by molar-refractivity contribution is -0.147. The van der Waals surface area contributed by atoms with Gasteiger partial charge in [-0.3, -0.25) is 4.79 Å². The first-order valence-corrected chi connectivity index (χ1v) is 11.5. The molecule has 0 amide bonds. The maximum absolute atomic E-state index is 11.5. The van der Waals surface area contributed by atoms with Crippen LogP contribution >= 0.6 is 11.6 Å². The number of hydrogen-bond donors (Lipinski definition) is 3. The lowest BCUT2D eigenvalue weighted by atomic mass is 9.98. The monoisotopic (exact) mass is 470 g/mol. The predicted molar refractivity (Wildman–Crippen MR) is 122 cm³/mol. The minimum atomic E-state index is -0.888. The summed E-state index contributed by atoms with van der Waals surface area (Å²) in [7, 11) is 0. The molecule has 8 heteroatoms. The topological polar surface area (TPSA) is 105 Å². The number of hydrogen-bond acceptors (Lipinski definition) is 7. The Labute approximate surface area is 194 Å². The second-order valence-electron chi connectivity index (χ2n) is 8.39. The fourth-order valence-corrected chi connectivity index (χ4v) is 3.84. The van der Waals surface area contributed by atoms with E-state index in [0.717, 1.165) is 6.42 Å². The molecule has 1 saturated carbocycles. The van der Waals surface area contributed by atoms with E-state index < -0.39 is 24.4 Å². The molecule has 1 aromatic rings. The number of aliphatic hydroxyl groups is 3. The van der Waals surface area contributed by atoms with Crippen molar-refractivity contribution in [2.75, 3.05) is 13.2 Å². The van der Waals surface area contributed by atoms with Crippen molar-refractivity contribution in [2.45, 2.75) is 76.5 Å². The molecule has 0 saturated heterocycles. The second-order valence-corrected chi connectivity index (χ2v) is 8.83. The van der Waals surface area contributed by atoms with Gasteiger partial charge in [-0.05, 0) is 51.3 Å². The quantitative estimate of drug-likeness (QED) is 0.231. The third-order valence-electron chi connectivity index (χ3n) is 5.19. The van der Waals surface area contributed by atoms with Gasteiger partial charge < -0.3 is 29.5 Å². The fourth-order valence-electron chi connectivity index (χ4n) is 3.66. The van der Waals surface area contributed by atoms with Gasteiger partial charge >= 0.3 is 5.97 Å². The van der Waals surface area contributed by atoms with Crippen LogP contribution in [0.3, 0.4) is 0 Å². The molecule has 0 unspecified atom stereocenters. The van der Waals surface area contributed by atoms with Crippen LogP contribution in [0.1, 0.15) is 46.0 Å². The maximum Gasteiger partial charge on any atom is 0.306 e. The average molecular weight is 471 g/mol. The van der Waals surface area contributed by atoms with E-state index in [1.54, 1.807) is 24.3 Å². The standard InChI is InChI=1S/C24H35ClO7/c1-16(2)32-23(29)11-6-4-3-5-10-20-21(27)13-22(28)24(20)31-15-18(26)14-30-19-9-7-8-17(25)12-19/h3,5,7-9,12,16,18,20-22,24,26-28H,4,6,10-11,13-15H2,1-2H3/t18-,20-,21-,22+,24+/m0/s1. The highest BCUT2D eigenvalue weighted by molar-refractivity contribution is 6.30. The molecule has 1 aromatic carbocycles. The molecule has 1 aliphatic carbocycles. The van der Waals surface area contributed by atoms with Gasteiger partial charge in [-0.2, -0.15) is 0 Å². The van der Waals surface area contributed by atoms with Crippen molar-refractivity contribution >= 4 is 17.6 Å². The number of carbonyl (C=O) groups is 1. The lowest BCUT2D eigenvalue weighted by Crippen LogP contribution is -2.34. The fraction of sp³-hybridized carbons (Fsp3) is 0.625. The highest BCUT2D eigenvalue weighted by Gasteiger charge is 2.42. The summed E-state index contributed by atoms with van der Waals surface area (Å²) in [4.78, 5) is 11.5. The molecule has 0 spiro atoms. The normalized spacial score (nSPS) is 24.2. The Morgan fingerprint density at radius 3 is 2.72 bits per heavy atom. The van der Waals surface area contributed by atoms with Crippen molar-refractivity contribution in [3.8, 4) is 5.75 Å². The number of aliphatic hydroxyl groups excluding tert-OH is 3. The van der Waals surface area contributed by atoms with Crippen molar-refractivity contribution in [2.24, 2.45) is 5.92 Å². The van der Waals surface area contributed by atoms with Crippen molar-refractivity contribution in [3.63, 3.8) is 0 Å². The molecule has 2 rings (SSSR count). The van der Waals surface area contributed by atoms with Crippen LogP contribution in [0.2, 0.25) is 5.02 Å². The highest BCUT2D eigenvalue weighted by Crippen LogP contribution is 2.32. The summed E-state index contributed by atoms with van der Waals surface area (Å²) >= 11 is 5.91. The summed E-state index contributed by atoms with van der Waals surface area (Å²) in [6.07, 6.45) is 3.42. The van der Waals surface area contributed by atoms with E-state index in [9.17, 15) is 20.1 Å². The molecule has 0 bridgehead atoms. The summed E-state index contributed by atoms with van der Waals surface area (Å²) in [5, 5.41) is 31.3. The zero-order valence-corrected chi connectivity index (χ0v) is 19.5. The molecule has 0 heterocycles. The van der Waals surface area contributed by atoms with Crippen LogP contribution in [0.5, 0.6) is 5.75 Å². The molecular formula is C24H35ClO7. The molecule has 3 N–H and O–H groups in total. The molecule has 1 aliphatic rings. The molecule has 180 valence electrons. The third-order valence-corrected chi connectivity index (χ3v) is 5.43. The number of unbranched alkanes of at least 4 members (excludes halogenated alkanes) is 1. The van der Waals surface area contributed by atoms with E-state index in [4.69, 9.17) is 25.8 Å². The first-order valence-electron chi connectivity index (χ1n) is 11.1. The van der Waals surface area contributed by atoms with E-state index in [-0.39, 0.29) is 37.6 Å². The summed E-state index contributed by atoms with van der Waals surface area (Å²) in [5.74, 6) is 0.0793. The zero-order valence-electron chi connectivity index (χ0n) is 18.7. The number of halogens is 1. The van der Waals surface area contributed by atoms with Crippen molar-refractivity contribution in [3.05, 3.63) is 41.4 Å². The van der Waals surface area contributed by atoms with E-state index in [1.165, 1.54) is 0 Å². The van der Waals surface area contributed by atoms with Gasteiger partial charge in [0.2, 0.25) is 0 Å². The van der Waals surface area contributed by atoms with Crippen LogP contribution < -0.4 is 4.74 Å². The number of rotatable bonds is 13. The van der Waals surface area contributed by atoms with Gasteiger partial charge in [-0.25, -0.2) is 0 Å². The van der Waals surface area contributed by atoms with Gasteiger partial charge in [0.1, 0.15) is 18.5 Å². The minimum absolute atomic E-state index is 0.0206. The number of ether oxygens (including phenoxy) is 3. The smallest absolute Gasteiger partial charge is 0.306 e. The largest absolute Gasteiger partial charge is 0.491 e. The Morgan fingerprint density at radius 1 is 1.22 bits per heavy atom. The average Bonchev–Trinajstić information content (AvgIpc) is 2.99. The van der Waals surface area contributed by atoms with E-state index in [1.807, 2.05) is 26.0 Å². The van der Waals surface area contributed by atoms with E-state index in [2.05, 4.69) is 0 Å². The number of benzene rings is 1. The zero-order chi connectivity index (χ0) is 23.5. The molecule has 32 heavy (non-hydrogen) atoms. The minimum Gasteiger partial charge on any atom is -0.491 e. The Hall–Kier alpha value is -1.64. The van der Waals surface area contributed by atoms with Crippen LogP contribution in [0, 0.1) is 5.92 Å². The molecule has 1 fully saturated rings. The van der Waals surface area contributed by atoms with E-state index in [0.29, 0.717) is 30.0 Å². The van der Waals surface area contributed by atoms with Crippen LogP contribution in [0.15, 0.2) is 36.4 Å². The Kier molecular flexibility index (Phi) is 11.5. The molecule has 0 radical (unpaired) electrons. The third kappa shape index (κ3) is 9.46. The van der Waals surface area contributed by atoms with Gasteiger partial charge in [-0.15, -0.1) is 0 Å². The first kappa shape index (κ1) is 26.6. The lowest BCUT2D eigenvalue weighted by Gasteiger charge is -2.24.